The van der Waals surface area contributed by atoms with Gasteiger partial charge in [-0.3, -0.25) is 9.78 Å². The van der Waals surface area contributed by atoms with Gasteiger partial charge < -0.3 is 0 Å². The highest BCUT2D eigenvalue weighted by molar-refractivity contribution is 6.07. The normalized spacial score (nSPS) is 11.2. The molecule has 0 unspecified atom stereocenters. The van der Waals surface area contributed by atoms with Crippen molar-refractivity contribution in [1.82, 2.24) is 15.4 Å². The predicted octanol–water partition coefficient (Wildman–Crippen LogP) is 5.21. The largest absolute Gasteiger partial charge is 0.272 e. The number of nitrogens with one attached hydrogen (secondary N) is 1. The summed E-state index contributed by atoms with van der Waals surface area (Å²) in [6.45, 7) is 0. The number of aromatic nitrogens is 2. The second-order valence-electron chi connectivity index (χ2n) is 7.08. The summed E-state index contributed by atoms with van der Waals surface area (Å²) in [5.74, 6) is -0.287. The van der Waals surface area contributed by atoms with Crippen LogP contribution in [-0.2, 0) is 0 Å². The first-order valence-corrected chi connectivity index (χ1v) is 9.91. The molecule has 0 spiro atoms. The van der Waals surface area contributed by atoms with E-state index in [0.29, 0.717) is 11.3 Å². The Labute approximate surface area is 179 Å². The van der Waals surface area contributed by atoms with E-state index < -0.39 is 0 Å². The Balaban J connectivity index is 1.49. The third-order valence-electron chi connectivity index (χ3n) is 5.13. The van der Waals surface area contributed by atoms with Gasteiger partial charge in [0.2, 0.25) is 0 Å². The molecule has 0 radical (unpaired) electrons. The molecule has 3 aromatic carbocycles. The van der Waals surface area contributed by atoms with Gasteiger partial charge in [0.05, 0.1) is 23.0 Å². The van der Waals surface area contributed by atoms with Crippen LogP contribution in [-0.4, -0.2) is 22.1 Å². The van der Waals surface area contributed by atoms with Gasteiger partial charge in [-0.25, -0.2) is 10.4 Å². The molecule has 5 nitrogen and oxygen atoms in total. The van der Waals surface area contributed by atoms with Crippen LogP contribution >= 0.6 is 0 Å². The molecule has 1 N–H and O–H groups in total. The van der Waals surface area contributed by atoms with E-state index in [4.69, 9.17) is 4.98 Å². The fourth-order valence-corrected chi connectivity index (χ4v) is 3.62. The number of hydrazone groups is 1. The highest BCUT2D eigenvalue weighted by atomic mass is 16.2. The molecule has 0 aliphatic rings. The lowest BCUT2D eigenvalue weighted by atomic mass is 10.0. The molecule has 5 rings (SSSR count). The van der Waals surface area contributed by atoms with Gasteiger partial charge in [-0.1, -0.05) is 60.7 Å². The number of para-hydroxylation sites is 1. The van der Waals surface area contributed by atoms with Crippen molar-refractivity contribution in [2.75, 3.05) is 0 Å². The molecule has 2 aromatic heterocycles. The Kier molecular flexibility index (Phi) is 4.91. The van der Waals surface area contributed by atoms with Crippen LogP contribution in [0, 0.1) is 0 Å². The number of carbonyl (C=O) groups is 1. The van der Waals surface area contributed by atoms with Crippen LogP contribution in [0.15, 0.2) is 102 Å². The third kappa shape index (κ3) is 3.76. The van der Waals surface area contributed by atoms with Crippen LogP contribution in [0.3, 0.4) is 0 Å². The lowest BCUT2D eigenvalue weighted by Gasteiger charge is -2.09. The van der Waals surface area contributed by atoms with Crippen molar-refractivity contribution in [1.29, 1.82) is 0 Å². The van der Waals surface area contributed by atoms with Crippen LogP contribution in [0.1, 0.15) is 15.9 Å². The van der Waals surface area contributed by atoms with E-state index in [-0.39, 0.29) is 5.91 Å². The average molecular weight is 402 g/mol. The Bertz CT molecular complexity index is 1420. The number of hydrogen-bond donors (Lipinski definition) is 1. The zero-order chi connectivity index (χ0) is 21.0. The van der Waals surface area contributed by atoms with Crippen molar-refractivity contribution in [3.63, 3.8) is 0 Å². The average Bonchev–Trinajstić information content (AvgIpc) is 2.84. The summed E-state index contributed by atoms with van der Waals surface area (Å²) in [7, 11) is 0. The third-order valence-corrected chi connectivity index (χ3v) is 5.13. The van der Waals surface area contributed by atoms with Crippen LogP contribution < -0.4 is 5.43 Å². The van der Waals surface area contributed by atoms with E-state index in [0.717, 1.165) is 32.8 Å². The quantitative estimate of drug-likeness (QED) is 0.331. The second kappa shape index (κ2) is 8.16. The number of amides is 1. The molecular weight excluding hydrogens is 384 g/mol. The number of fused-ring (bicyclic) bond motifs is 2. The monoisotopic (exact) mass is 402 g/mol. The first kappa shape index (κ1) is 18.6. The molecule has 148 valence electrons. The maximum Gasteiger partial charge on any atom is 0.272 e. The standard InChI is InChI=1S/C26H18N4O/c31-26(30-28-17-20-8-5-7-18-6-1-2-9-21(18)20)23-16-25(19-12-14-27-15-13-19)29-24-11-4-3-10-22(23)24/h1-17H,(H,30,31)/b28-17-. The Morgan fingerprint density at radius 3 is 2.45 bits per heavy atom. The number of carbonyl (C=O) groups excluding carboxylic acids is 1. The smallest absolute Gasteiger partial charge is 0.267 e. The van der Waals surface area contributed by atoms with Crippen LogP contribution in [0.5, 0.6) is 0 Å². The van der Waals surface area contributed by atoms with E-state index in [1.165, 1.54) is 0 Å². The van der Waals surface area contributed by atoms with E-state index in [1.807, 2.05) is 66.7 Å². The minimum Gasteiger partial charge on any atom is -0.267 e. The molecule has 0 saturated heterocycles. The first-order valence-electron chi connectivity index (χ1n) is 9.91. The van der Waals surface area contributed by atoms with Gasteiger partial charge in [0.15, 0.2) is 0 Å². The first-order chi connectivity index (χ1) is 15.3. The molecule has 0 aliphatic heterocycles. The molecule has 0 aliphatic carbocycles. The number of hydrogen-bond acceptors (Lipinski definition) is 4. The summed E-state index contributed by atoms with van der Waals surface area (Å²) in [6, 6.07) is 27.2. The zero-order valence-electron chi connectivity index (χ0n) is 16.6. The fraction of sp³-hybridized carbons (Fsp3) is 0. The molecule has 0 atom stereocenters. The Morgan fingerprint density at radius 1 is 0.839 bits per heavy atom. The maximum atomic E-state index is 13.0. The fourth-order valence-electron chi connectivity index (χ4n) is 3.62. The molecule has 0 fully saturated rings. The van der Waals surface area contributed by atoms with E-state index in [1.54, 1.807) is 24.7 Å². The summed E-state index contributed by atoms with van der Waals surface area (Å²) >= 11 is 0. The van der Waals surface area contributed by atoms with E-state index in [2.05, 4.69) is 27.6 Å². The Hall–Kier alpha value is -4.38. The minimum atomic E-state index is -0.287. The lowest BCUT2D eigenvalue weighted by Crippen LogP contribution is -2.18. The van der Waals surface area contributed by atoms with Gasteiger partial charge >= 0.3 is 0 Å². The zero-order valence-corrected chi connectivity index (χ0v) is 16.6. The minimum absolute atomic E-state index is 0.287. The molecule has 2 heterocycles. The molecule has 0 saturated carbocycles. The van der Waals surface area contributed by atoms with Crippen molar-refractivity contribution in [3.8, 4) is 11.3 Å². The summed E-state index contributed by atoms with van der Waals surface area (Å²) in [5, 5.41) is 7.20. The lowest BCUT2D eigenvalue weighted by molar-refractivity contribution is 0.0956. The highest BCUT2D eigenvalue weighted by Crippen LogP contribution is 2.24. The number of benzene rings is 3. The van der Waals surface area contributed by atoms with Crippen molar-refractivity contribution >= 4 is 33.8 Å². The van der Waals surface area contributed by atoms with E-state index in [9.17, 15) is 4.79 Å². The summed E-state index contributed by atoms with van der Waals surface area (Å²) in [6.07, 6.45) is 5.09. The summed E-state index contributed by atoms with van der Waals surface area (Å²) in [5.41, 5.74) is 6.49. The van der Waals surface area contributed by atoms with Crippen molar-refractivity contribution in [3.05, 3.63) is 108 Å². The van der Waals surface area contributed by atoms with E-state index >= 15 is 0 Å². The number of rotatable bonds is 4. The molecule has 0 bridgehead atoms. The summed E-state index contributed by atoms with van der Waals surface area (Å²) in [4.78, 5) is 21.8. The van der Waals surface area contributed by atoms with Crippen LogP contribution in [0.2, 0.25) is 0 Å². The van der Waals surface area contributed by atoms with Crippen molar-refractivity contribution in [2.24, 2.45) is 5.10 Å². The summed E-state index contributed by atoms with van der Waals surface area (Å²) < 4.78 is 0. The molecule has 31 heavy (non-hydrogen) atoms. The van der Waals surface area contributed by atoms with Crippen molar-refractivity contribution < 1.29 is 4.79 Å². The van der Waals surface area contributed by atoms with Crippen molar-refractivity contribution in [2.45, 2.75) is 0 Å². The van der Waals surface area contributed by atoms with Gasteiger partial charge in [0.25, 0.3) is 5.91 Å². The number of pyridine rings is 2. The molecule has 1 amide bonds. The second-order valence-corrected chi connectivity index (χ2v) is 7.08. The van der Waals surface area contributed by atoms with Gasteiger partial charge in [-0.15, -0.1) is 0 Å². The van der Waals surface area contributed by atoms with Gasteiger partial charge in [-0.05, 0) is 35.0 Å². The number of nitrogens with zero attached hydrogens (tertiary/aromatic N) is 3. The maximum absolute atomic E-state index is 13.0. The topological polar surface area (TPSA) is 67.2 Å². The van der Waals surface area contributed by atoms with Gasteiger partial charge in [-0.2, -0.15) is 5.10 Å². The van der Waals surface area contributed by atoms with Crippen LogP contribution in [0.4, 0.5) is 0 Å². The highest BCUT2D eigenvalue weighted by Gasteiger charge is 2.13. The predicted molar refractivity (Wildman–Crippen MR) is 124 cm³/mol. The molecule has 5 aromatic rings. The Morgan fingerprint density at radius 2 is 1.58 bits per heavy atom. The van der Waals surface area contributed by atoms with Crippen LogP contribution in [0.25, 0.3) is 32.9 Å². The molecular formula is C26H18N4O. The SMILES string of the molecule is O=C(N/N=C\c1cccc2ccccc12)c1cc(-c2ccncc2)nc2ccccc12. The van der Waals surface area contributed by atoms with Gasteiger partial charge in [0, 0.05) is 28.9 Å². The molecule has 5 heteroatoms. The van der Waals surface area contributed by atoms with Gasteiger partial charge in [0.1, 0.15) is 0 Å².